The number of carbonyl (C=O) groups excluding carboxylic acids is 1. The zero-order valence-electron chi connectivity index (χ0n) is 21.3. The number of aromatic nitrogens is 1. The summed E-state index contributed by atoms with van der Waals surface area (Å²) in [5.74, 6) is -0.552. The maximum Gasteiger partial charge on any atom is 0.264 e. The van der Waals surface area contributed by atoms with Crippen LogP contribution in [0.4, 0.5) is 5.69 Å². The van der Waals surface area contributed by atoms with E-state index in [4.69, 9.17) is 0 Å². The van der Waals surface area contributed by atoms with Gasteiger partial charge in [0, 0.05) is 22.6 Å². The average Bonchev–Trinajstić information content (AvgIpc) is 3.16. The van der Waals surface area contributed by atoms with Crippen molar-refractivity contribution in [2.45, 2.75) is 32.6 Å². The molecule has 0 fully saturated rings. The lowest BCUT2D eigenvalue weighted by Crippen LogP contribution is -2.39. The highest BCUT2D eigenvalue weighted by Crippen LogP contribution is 2.24. The van der Waals surface area contributed by atoms with Crippen LogP contribution in [0.5, 0.6) is 0 Å². The first-order valence-corrected chi connectivity index (χ1v) is 13.3. The third kappa shape index (κ3) is 5.81. The van der Waals surface area contributed by atoms with Crippen LogP contribution in [0.1, 0.15) is 28.1 Å². The molecule has 190 valence electrons. The summed E-state index contributed by atoms with van der Waals surface area (Å²) < 4.78 is 30.2. The van der Waals surface area contributed by atoms with Crippen molar-refractivity contribution in [2.24, 2.45) is 5.10 Å². The van der Waals surface area contributed by atoms with E-state index in [0.29, 0.717) is 5.69 Å². The zero-order valence-corrected chi connectivity index (χ0v) is 22.2. The third-order valence-electron chi connectivity index (χ3n) is 6.10. The Morgan fingerprint density at radius 3 is 2.11 bits per heavy atom. The number of sulfonamides is 1. The number of carbonyl (C=O) groups is 1. The first kappa shape index (κ1) is 25.9. The van der Waals surface area contributed by atoms with Gasteiger partial charge in [0.1, 0.15) is 6.54 Å². The Labute approximate surface area is 218 Å². The molecule has 4 aromatic rings. The number of hydrogen-bond acceptors (Lipinski definition) is 4. The van der Waals surface area contributed by atoms with Crippen molar-refractivity contribution < 1.29 is 13.2 Å². The predicted molar refractivity (Wildman–Crippen MR) is 148 cm³/mol. The molecule has 0 aliphatic heterocycles. The molecule has 0 spiro atoms. The smallest absolute Gasteiger partial charge is 0.264 e. The lowest BCUT2D eigenvalue weighted by atomic mass is 10.2. The monoisotopic (exact) mass is 514 g/mol. The first-order valence-electron chi connectivity index (χ1n) is 11.9. The number of benzene rings is 3. The molecule has 0 saturated carbocycles. The summed E-state index contributed by atoms with van der Waals surface area (Å²) in [7, 11) is -3.98. The molecule has 0 bridgehead atoms. The molecule has 4 rings (SSSR count). The van der Waals surface area contributed by atoms with Crippen molar-refractivity contribution in [2.75, 3.05) is 10.8 Å². The molecule has 8 heteroatoms. The minimum Gasteiger partial charge on any atom is -0.318 e. The van der Waals surface area contributed by atoms with Crippen LogP contribution in [-0.4, -0.2) is 31.7 Å². The van der Waals surface area contributed by atoms with E-state index in [1.807, 2.05) is 76.2 Å². The number of nitrogens with one attached hydrogen (secondary N) is 1. The Hall–Kier alpha value is -4.17. The van der Waals surface area contributed by atoms with Crippen LogP contribution >= 0.6 is 0 Å². The normalized spacial score (nSPS) is 11.6. The lowest BCUT2D eigenvalue weighted by molar-refractivity contribution is -0.119. The molecule has 7 nitrogen and oxygen atoms in total. The first-order chi connectivity index (χ1) is 17.7. The van der Waals surface area contributed by atoms with E-state index in [1.165, 1.54) is 0 Å². The lowest BCUT2D eigenvalue weighted by Gasteiger charge is -2.24. The van der Waals surface area contributed by atoms with Gasteiger partial charge in [0.05, 0.1) is 16.8 Å². The van der Waals surface area contributed by atoms with Gasteiger partial charge in [-0.2, -0.15) is 5.10 Å². The summed E-state index contributed by atoms with van der Waals surface area (Å²) in [6.45, 7) is 7.37. The standard InChI is InChI=1S/C29H30N4O3S/c1-21-10-14-26(15-11-21)32(37(35,36)28-16-12-22(2)13-17-28)20-29(34)31-30-19-25-18-23(3)33(24(25)4)27-8-6-5-7-9-27/h5-19H,20H2,1-4H3,(H,31,34)/b30-19+. The second-order valence-electron chi connectivity index (χ2n) is 8.95. The topological polar surface area (TPSA) is 83.8 Å². The van der Waals surface area contributed by atoms with Gasteiger partial charge < -0.3 is 4.57 Å². The summed E-state index contributed by atoms with van der Waals surface area (Å²) in [4.78, 5) is 13.0. The van der Waals surface area contributed by atoms with E-state index in [9.17, 15) is 13.2 Å². The molecule has 0 unspecified atom stereocenters. The number of amides is 1. The minimum absolute atomic E-state index is 0.114. The van der Waals surface area contributed by atoms with E-state index >= 15 is 0 Å². The molecular formula is C29H30N4O3S. The minimum atomic E-state index is -3.98. The Morgan fingerprint density at radius 1 is 0.892 bits per heavy atom. The maximum absolute atomic E-state index is 13.5. The Morgan fingerprint density at radius 2 is 1.49 bits per heavy atom. The fourth-order valence-corrected chi connectivity index (χ4v) is 5.52. The fourth-order valence-electron chi connectivity index (χ4n) is 4.10. The van der Waals surface area contributed by atoms with Crippen LogP contribution in [0.3, 0.4) is 0 Å². The van der Waals surface area contributed by atoms with Gasteiger partial charge in [0.25, 0.3) is 15.9 Å². The van der Waals surface area contributed by atoms with E-state index in [-0.39, 0.29) is 4.90 Å². The van der Waals surface area contributed by atoms with Gasteiger partial charge in [-0.3, -0.25) is 9.10 Å². The van der Waals surface area contributed by atoms with Gasteiger partial charge in [0.15, 0.2) is 0 Å². The summed E-state index contributed by atoms with van der Waals surface area (Å²) >= 11 is 0. The SMILES string of the molecule is Cc1ccc(N(CC(=O)N/N=C/c2cc(C)n(-c3ccccc3)c2C)S(=O)(=O)c2ccc(C)cc2)cc1. The molecular weight excluding hydrogens is 484 g/mol. The molecule has 1 amide bonds. The molecule has 1 heterocycles. The number of para-hydroxylation sites is 1. The van der Waals surface area contributed by atoms with Gasteiger partial charge in [-0.1, -0.05) is 53.6 Å². The molecule has 0 aliphatic rings. The van der Waals surface area contributed by atoms with Gasteiger partial charge in [0.2, 0.25) is 0 Å². The van der Waals surface area contributed by atoms with Crippen molar-refractivity contribution in [3.8, 4) is 5.69 Å². The average molecular weight is 515 g/mol. The summed E-state index contributed by atoms with van der Waals surface area (Å²) in [6, 6.07) is 25.5. The molecule has 0 saturated heterocycles. The van der Waals surface area contributed by atoms with Crippen LogP contribution in [0.2, 0.25) is 0 Å². The van der Waals surface area contributed by atoms with Crippen molar-refractivity contribution in [1.82, 2.24) is 9.99 Å². The highest BCUT2D eigenvalue weighted by atomic mass is 32.2. The zero-order chi connectivity index (χ0) is 26.6. The highest BCUT2D eigenvalue weighted by Gasteiger charge is 2.27. The van der Waals surface area contributed by atoms with Crippen molar-refractivity contribution >= 4 is 27.8 Å². The van der Waals surface area contributed by atoms with Crippen molar-refractivity contribution in [3.63, 3.8) is 0 Å². The van der Waals surface area contributed by atoms with E-state index in [2.05, 4.69) is 15.1 Å². The largest absolute Gasteiger partial charge is 0.318 e. The predicted octanol–water partition coefficient (Wildman–Crippen LogP) is 5.06. The molecule has 1 N–H and O–H groups in total. The fraction of sp³-hybridized carbons (Fsp3) is 0.172. The molecule has 0 radical (unpaired) electrons. The maximum atomic E-state index is 13.5. The number of hydrogen-bond donors (Lipinski definition) is 1. The van der Waals surface area contributed by atoms with Crippen LogP contribution in [0.15, 0.2) is 94.9 Å². The summed E-state index contributed by atoms with van der Waals surface area (Å²) in [5.41, 5.74) is 8.71. The van der Waals surface area contributed by atoms with E-state index in [0.717, 1.165) is 38.1 Å². The molecule has 3 aromatic carbocycles. The van der Waals surface area contributed by atoms with Crippen LogP contribution in [-0.2, 0) is 14.8 Å². The molecule has 0 atom stereocenters. The van der Waals surface area contributed by atoms with Gasteiger partial charge >= 0.3 is 0 Å². The van der Waals surface area contributed by atoms with Crippen molar-refractivity contribution in [1.29, 1.82) is 0 Å². The van der Waals surface area contributed by atoms with Crippen molar-refractivity contribution in [3.05, 3.63) is 113 Å². The Kier molecular flexibility index (Phi) is 7.59. The van der Waals surface area contributed by atoms with Gasteiger partial charge in [-0.15, -0.1) is 0 Å². The number of anilines is 1. The van der Waals surface area contributed by atoms with E-state index in [1.54, 1.807) is 42.6 Å². The van der Waals surface area contributed by atoms with Crippen LogP contribution in [0.25, 0.3) is 5.69 Å². The third-order valence-corrected chi connectivity index (χ3v) is 7.88. The second-order valence-corrected chi connectivity index (χ2v) is 10.8. The summed E-state index contributed by atoms with van der Waals surface area (Å²) in [5, 5.41) is 4.12. The van der Waals surface area contributed by atoms with Crippen LogP contribution in [0, 0.1) is 27.7 Å². The summed E-state index contributed by atoms with van der Waals surface area (Å²) in [6.07, 6.45) is 1.57. The van der Waals surface area contributed by atoms with E-state index < -0.39 is 22.5 Å². The second kappa shape index (κ2) is 10.8. The van der Waals surface area contributed by atoms with Gasteiger partial charge in [-0.25, -0.2) is 13.8 Å². The van der Waals surface area contributed by atoms with Crippen LogP contribution < -0.4 is 9.73 Å². The quantitative estimate of drug-likeness (QED) is 0.264. The van der Waals surface area contributed by atoms with Gasteiger partial charge in [-0.05, 0) is 70.2 Å². The number of aryl methyl sites for hydroxylation is 3. The molecule has 0 aliphatic carbocycles. The highest BCUT2D eigenvalue weighted by molar-refractivity contribution is 7.92. The Balaban J connectivity index is 1.55. The number of hydrazone groups is 1. The Bertz CT molecular complexity index is 1520. The number of nitrogens with zero attached hydrogens (tertiary/aromatic N) is 3. The molecule has 37 heavy (non-hydrogen) atoms. The molecule has 1 aromatic heterocycles. The number of rotatable bonds is 8.